The van der Waals surface area contributed by atoms with Crippen molar-refractivity contribution < 1.29 is 19.8 Å². The number of anilines is 1. The van der Waals surface area contributed by atoms with Crippen molar-refractivity contribution in [3.63, 3.8) is 0 Å². The number of rotatable bonds is 3. The number of benzene rings is 2. The fourth-order valence-electron chi connectivity index (χ4n) is 4.53. The molecular formula is C23H26N2O4. The van der Waals surface area contributed by atoms with Crippen molar-refractivity contribution in [1.29, 1.82) is 0 Å². The minimum Gasteiger partial charge on any atom is -0.504 e. The Kier molecular flexibility index (Phi) is 5.18. The maximum atomic E-state index is 13.2. The zero-order chi connectivity index (χ0) is 20.5. The van der Waals surface area contributed by atoms with Gasteiger partial charge in [0, 0.05) is 36.8 Å². The number of carbonyl (C=O) groups excluding carboxylic acids is 2. The lowest BCUT2D eigenvalue weighted by Gasteiger charge is -2.40. The Bertz CT molecular complexity index is 917. The molecule has 1 atom stereocenters. The van der Waals surface area contributed by atoms with Gasteiger partial charge >= 0.3 is 0 Å². The fourth-order valence-corrected chi connectivity index (χ4v) is 4.53. The largest absolute Gasteiger partial charge is 0.504 e. The second kappa shape index (κ2) is 7.78. The van der Waals surface area contributed by atoms with E-state index in [9.17, 15) is 19.8 Å². The van der Waals surface area contributed by atoms with Crippen LogP contribution in [0.2, 0.25) is 0 Å². The summed E-state index contributed by atoms with van der Waals surface area (Å²) in [5.74, 6) is -0.0787. The van der Waals surface area contributed by atoms with Crippen LogP contribution in [0.25, 0.3) is 0 Å². The van der Waals surface area contributed by atoms with E-state index >= 15 is 0 Å². The average molecular weight is 394 g/mol. The molecule has 0 aromatic heterocycles. The number of carbonyl (C=O) groups is 2. The van der Waals surface area contributed by atoms with E-state index in [2.05, 4.69) is 4.90 Å². The molecule has 2 aromatic rings. The highest BCUT2D eigenvalue weighted by Crippen LogP contribution is 2.38. The Morgan fingerprint density at radius 1 is 1.03 bits per heavy atom. The Balaban J connectivity index is 1.41. The summed E-state index contributed by atoms with van der Waals surface area (Å²) in [6.07, 6.45) is 3.12. The van der Waals surface area contributed by atoms with Crippen molar-refractivity contribution in [2.45, 2.75) is 32.2 Å². The van der Waals surface area contributed by atoms with E-state index in [1.54, 1.807) is 12.1 Å². The highest BCUT2D eigenvalue weighted by Gasteiger charge is 2.34. The van der Waals surface area contributed by atoms with Crippen molar-refractivity contribution in [3.05, 3.63) is 53.1 Å². The van der Waals surface area contributed by atoms with E-state index in [1.807, 2.05) is 36.1 Å². The third kappa shape index (κ3) is 3.67. The summed E-state index contributed by atoms with van der Waals surface area (Å²) in [5, 5.41) is 19.6. The maximum Gasteiger partial charge on any atom is 0.226 e. The molecule has 29 heavy (non-hydrogen) atoms. The van der Waals surface area contributed by atoms with E-state index in [0.717, 1.165) is 49.0 Å². The normalized spacial score (nSPS) is 19.7. The third-order valence-electron chi connectivity index (χ3n) is 6.30. The molecule has 0 saturated carbocycles. The fraction of sp³-hybridized carbons (Fsp3) is 0.391. The van der Waals surface area contributed by atoms with E-state index in [-0.39, 0.29) is 29.4 Å². The van der Waals surface area contributed by atoms with Crippen molar-refractivity contribution in [2.24, 2.45) is 5.92 Å². The van der Waals surface area contributed by atoms with Gasteiger partial charge in [-0.3, -0.25) is 9.59 Å². The topological polar surface area (TPSA) is 81.1 Å². The molecule has 2 N–H and O–H groups in total. The lowest BCUT2D eigenvalue weighted by molar-refractivity contribution is -0.138. The van der Waals surface area contributed by atoms with Gasteiger partial charge in [-0.1, -0.05) is 0 Å². The Labute approximate surface area is 170 Å². The molecule has 2 aromatic carbocycles. The molecule has 0 unspecified atom stereocenters. The van der Waals surface area contributed by atoms with Gasteiger partial charge < -0.3 is 20.0 Å². The highest BCUT2D eigenvalue weighted by molar-refractivity contribution is 5.80. The van der Waals surface area contributed by atoms with Crippen LogP contribution < -0.4 is 4.90 Å². The number of hydrogen-bond acceptors (Lipinski definition) is 5. The van der Waals surface area contributed by atoms with E-state index < -0.39 is 0 Å². The molecule has 1 amide bonds. The van der Waals surface area contributed by atoms with Crippen LogP contribution >= 0.6 is 0 Å². The van der Waals surface area contributed by atoms with Gasteiger partial charge in [0.25, 0.3) is 0 Å². The number of fused-ring (bicyclic) bond motifs is 1. The monoisotopic (exact) mass is 394 g/mol. The molecule has 6 heteroatoms. The molecule has 2 aliphatic heterocycles. The van der Waals surface area contributed by atoms with Crippen molar-refractivity contribution in [2.75, 3.05) is 24.5 Å². The molecule has 0 radical (unpaired) electrons. The molecule has 1 saturated heterocycles. The number of nitrogens with zero attached hydrogens (tertiary/aromatic N) is 2. The van der Waals surface area contributed by atoms with Gasteiger partial charge in [0.15, 0.2) is 11.5 Å². The van der Waals surface area contributed by atoms with Gasteiger partial charge in [-0.05, 0) is 73.7 Å². The molecule has 2 aliphatic rings. The van der Waals surface area contributed by atoms with Crippen LogP contribution in [-0.2, 0) is 11.2 Å². The first-order valence-corrected chi connectivity index (χ1v) is 10.1. The second-order valence-electron chi connectivity index (χ2n) is 7.97. The summed E-state index contributed by atoms with van der Waals surface area (Å²) < 4.78 is 0. The first-order valence-electron chi connectivity index (χ1n) is 10.1. The number of hydrogen-bond donors (Lipinski definition) is 2. The van der Waals surface area contributed by atoms with Gasteiger partial charge in [0.05, 0.1) is 6.04 Å². The number of aromatic hydroxyl groups is 2. The smallest absolute Gasteiger partial charge is 0.226 e. The zero-order valence-corrected chi connectivity index (χ0v) is 16.5. The number of amides is 1. The lowest BCUT2D eigenvalue weighted by atomic mass is 9.89. The van der Waals surface area contributed by atoms with Gasteiger partial charge in [-0.15, -0.1) is 0 Å². The minimum absolute atomic E-state index is 0.00443. The van der Waals surface area contributed by atoms with Crippen molar-refractivity contribution in [3.8, 4) is 11.5 Å². The number of phenolic OH excluding ortho intramolecular Hbond substituents is 2. The van der Waals surface area contributed by atoms with E-state index in [0.29, 0.717) is 18.5 Å². The van der Waals surface area contributed by atoms with Crippen molar-refractivity contribution in [1.82, 2.24) is 4.90 Å². The van der Waals surface area contributed by atoms with Crippen LogP contribution in [0, 0.1) is 5.92 Å². The summed E-state index contributed by atoms with van der Waals surface area (Å²) >= 11 is 0. The number of aldehydes is 1. The Hall–Kier alpha value is -3.02. The van der Waals surface area contributed by atoms with Gasteiger partial charge in [-0.25, -0.2) is 0 Å². The zero-order valence-electron chi connectivity index (χ0n) is 16.5. The van der Waals surface area contributed by atoms with E-state index in [4.69, 9.17) is 0 Å². The average Bonchev–Trinajstić information content (AvgIpc) is 2.75. The number of phenols is 2. The van der Waals surface area contributed by atoms with Crippen LogP contribution in [0.1, 0.15) is 47.3 Å². The summed E-state index contributed by atoms with van der Waals surface area (Å²) in [4.78, 5) is 28.2. The molecule has 4 rings (SSSR count). The first-order chi connectivity index (χ1) is 14.0. The summed E-state index contributed by atoms with van der Waals surface area (Å²) in [5.41, 5.74) is 3.65. The Morgan fingerprint density at radius 2 is 1.69 bits per heavy atom. The quantitative estimate of drug-likeness (QED) is 0.617. The molecule has 152 valence electrons. The second-order valence-corrected chi connectivity index (χ2v) is 7.97. The summed E-state index contributed by atoms with van der Waals surface area (Å²) in [6, 6.07) is 10.6. The van der Waals surface area contributed by atoms with Gasteiger partial charge in [0.2, 0.25) is 5.91 Å². The SMILES string of the molecule is C[C@H]1c2cc(O)c(O)cc2CCN1C(=O)C1CCN(c2ccc(C=O)cc2)CC1. The number of piperidine rings is 1. The molecule has 6 nitrogen and oxygen atoms in total. The van der Waals surface area contributed by atoms with Crippen LogP contribution in [0.5, 0.6) is 11.5 Å². The highest BCUT2D eigenvalue weighted by atomic mass is 16.3. The Morgan fingerprint density at radius 3 is 2.34 bits per heavy atom. The minimum atomic E-state index is -0.140. The van der Waals surface area contributed by atoms with Gasteiger partial charge in [0.1, 0.15) is 6.29 Å². The lowest BCUT2D eigenvalue weighted by Crippen LogP contribution is -2.45. The third-order valence-corrected chi connectivity index (χ3v) is 6.30. The molecule has 0 spiro atoms. The molecule has 1 fully saturated rings. The predicted octanol–water partition coefficient (Wildman–Crippen LogP) is 3.27. The van der Waals surface area contributed by atoms with E-state index in [1.165, 1.54) is 0 Å². The summed E-state index contributed by atoms with van der Waals surface area (Å²) in [7, 11) is 0. The van der Waals surface area contributed by atoms with Crippen molar-refractivity contribution >= 4 is 17.9 Å². The molecule has 0 aliphatic carbocycles. The van der Waals surface area contributed by atoms with Crippen LogP contribution in [-0.4, -0.2) is 46.9 Å². The van der Waals surface area contributed by atoms with Crippen LogP contribution in [0.4, 0.5) is 5.69 Å². The molecular weight excluding hydrogens is 368 g/mol. The molecule has 0 bridgehead atoms. The maximum absolute atomic E-state index is 13.2. The first kappa shape index (κ1) is 19.3. The van der Waals surface area contributed by atoms with Gasteiger partial charge in [-0.2, -0.15) is 0 Å². The predicted molar refractivity (Wildman–Crippen MR) is 110 cm³/mol. The van der Waals surface area contributed by atoms with Crippen LogP contribution in [0.3, 0.4) is 0 Å². The van der Waals surface area contributed by atoms with Crippen LogP contribution in [0.15, 0.2) is 36.4 Å². The summed E-state index contributed by atoms with van der Waals surface area (Å²) in [6.45, 7) is 4.23. The standard InChI is InChI=1S/C23H26N2O4/c1-15-20-13-22(28)21(27)12-18(20)8-11-25(15)23(29)17-6-9-24(10-7-17)19-4-2-16(14-26)3-5-19/h2-5,12-15,17,27-28H,6-11H2,1H3/t15-/m0/s1. The molecule has 2 heterocycles.